The van der Waals surface area contributed by atoms with E-state index < -0.39 is 0 Å². The molecule has 0 atom stereocenters. The molecule has 4 aromatic carbocycles. The van der Waals surface area contributed by atoms with Crippen LogP contribution in [0.5, 0.6) is 5.75 Å². The van der Waals surface area contributed by atoms with Crippen molar-refractivity contribution in [1.29, 1.82) is 0 Å². The van der Waals surface area contributed by atoms with Gasteiger partial charge in [-0.3, -0.25) is 4.79 Å². The Morgan fingerprint density at radius 1 is 0.875 bits per heavy atom. The van der Waals surface area contributed by atoms with E-state index in [4.69, 9.17) is 4.74 Å². The molecule has 5 rings (SSSR count). The van der Waals surface area contributed by atoms with Crippen molar-refractivity contribution in [2.45, 2.75) is 11.8 Å². The lowest BCUT2D eigenvalue weighted by Gasteiger charge is -2.20. The van der Waals surface area contributed by atoms with E-state index >= 15 is 0 Å². The van der Waals surface area contributed by atoms with Gasteiger partial charge in [0.15, 0.2) is 0 Å². The predicted octanol–water partition coefficient (Wildman–Crippen LogP) is 7.34. The van der Waals surface area contributed by atoms with Crippen LogP contribution in [-0.4, -0.2) is 19.4 Å². The molecule has 32 heavy (non-hydrogen) atoms. The molecule has 0 saturated carbocycles. The number of carbonyl (C=O) groups excluding carboxylic acids is 1. The van der Waals surface area contributed by atoms with Crippen LogP contribution >= 0.6 is 11.8 Å². The Kier molecular flexibility index (Phi) is 5.46. The van der Waals surface area contributed by atoms with Gasteiger partial charge in [0.05, 0.1) is 11.5 Å². The molecule has 0 N–H and O–H groups in total. The van der Waals surface area contributed by atoms with Crippen molar-refractivity contribution in [3.05, 3.63) is 101 Å². The van der Waals surface area contributed by atoms with Crippen LogP contribution in [0.25, 0.3) is 16.8 Å². The molecule has 0 bridgehead atoms. The third kappa shape index (κ3) is 3.78. The standard InChI is InChI=1S/C28H23NO2S/c1-3-31-23-15-13-22(14-16-23)29(2)21-11-8-19(9-12-21)18-26-28(30)27-24-7-5-4-6-20(24)10-17-25(27)32-26/h4-18H,3H2,1-2H3/b26-18+. The summed E-state index contributed by atoms with van der Waals surface area (Å²) in [6, 6.07) is 28.6. The van der Waals surface area contributed by atoms with Gasteiger partial charge < -0.3 is 9.64 Å². The molecule has 4 aromatic rings. The summed E-state index contributed by atoms with van der Waals surface area (Å²) in [5, 5.41) is 2.13. The summed E-state index contributed by atoms with van der Waals surface area (Å²) in [5.41, 5.74) is 4.01. The number of fused-ring (bicyclic) bond motifs is 3. The molecule has 0 aliphatic carbocycles. The monoisotopic (exact) mass is 437 g/mol. The van der Waals surface area contributed by atoms with E-state index in [1.54, 1.807) is 11.8 Å². The molecular formula is C28H23NO2S. The summed E-state index contributed by atoms with van der Waals surface area (Å²) in [6.45, 7) is 2.64. The fourth-order valence-electron chi connectivity index (χ4n) is 3.98. The zero-order valence-electron chi connectivity index (χ0n) is 18.0. The number of anilines is 2. The van der Waals surface area contributed by atoms with Gasteiger partial charge in [0.1, 0.15) is 5.75 Å². The van der Waals surface area contributed by atoms with Crippen LogP contribution in [0.2, 0.25) is 0 Å². The number of hydrogen-bond donors (Lipinski definition) is 0. The van der Waals surface area contributed by atoms with E-state index in [0.29, 0.717) is 6.61 Å². The molecule has 0 aromatic heterocycles. The van der Waals surface area contributed by atoms with E-state index in [1.807, 2.05) is 50.4 Å². The summed E-state index contributed by atoms with van der Waals surface area (Å²) < 4.78 is 5.53. The second kappa shape index (κ2) is 8.56. The smallest absolute Gasteiger partial charge is 0.201 e. The van der Waals surface area contributed by atoms with Crippen LogP contribution in [0.3, 0.4) is 0 Å². The Morgan fingerprint density at radius 2 is 1.56 bits per heavy atom. The van der Waals surface area contributed by atoms with Gasteiger partial charge in [-0.05, 0) is 71.8 Å². The summed E-state index contributed by atoms with van der Waals surface area (Å²) in [5.74, 6) is 0.983. The Hall–Kier alpha value is -3.50. The minimum absolute atomic E-state index is 0.109. The fourth-order valence-corrected chi connectivity index (χ4v) is 5.05. The largest absolute Gasteiger partial charge is 0.494 e. The first-order valence-electron chi connectivity index (χ1n) is 10.7. The normalized spacial score (nSPS) is 14.1. The van der Waals surface area contributed by atoms with Gasteiger partial charge in [-0.25, -0.2) is 0 Å². The Labute approximate surface area is 192 Å². The van der Waals surface area contributed by atoms with Gasteiger partial charge in [-0.15, -0.1) is 0 Å². The number of nitrogens with zero attached hydrogens (tertiary/aromatic N) is 1. The van der Waals surface area contributed by atoms with Gasteiger partial charge in [-0.2, -0.15) is 0 Å². The number of allylic oxidation sites excluding steroid dienone is 1. The van der Waals surface area contributed by atoms with Crippen LogP contribution in [0, 0.1) is 0 Å². The molecule has 0 saturated heterocycles. The van der Waals surface area contributed by atoms with Crippen molar-refractivity contribution < 1.29 is 9.53 Å². The molecule has 0 radical (unpaired) electrons. The minimum atomic E-state index is 0.109. The zero-order valence-corrected chi connectivity index (χ0v) is 18.9. The number of thioether (sulfide) groups is 1. The summed E-state index contributed by atoms with van der Waals surface area (Å²) in [7, 11) is 2.04. The fraction of sp³-hybridized carbons (Fsp3) is 0.107. The van der Waals surface area contributed by atoms with Gasteiger partial charge >= 0.3 is 0 Å². The molecule has 158 valence electrons. The highest BCUT2D eigenvalue weighted by Crippen LogP contribution is 2.44. The van der Waals surface area contributed by atoms with Crippen LogP contribution in [0.15, 0.2) is 94.7 Å². The maximum absolute atomic E-state index is 13.1. The summed E-state index contributed by atoms with van der Waals surface area (Å²) in [6.07, 6.45) is 1.99. The predicted molar refractivity (Wildman–Crippen MR) is 134 cm³/mol. The van der Waals surface area contributed by atoms with Crippen molar-refractivity contribution >= 4 is 45.8 Å². The number of rotatable bonds is 5. The van der Waals surface area contributed by atoms with Gasteiger partial charge in [0.25, 0.3) is 0 Å². The third-order valence-electron chi connectivity index (χ3n) is 5.67. The van der Waals surface area contributed by atoms with E-state index in [0.717, 1.165) is 48.8 Å². The highest BCUT2D eigenvalue weighted by atomic mass is 32.2. The van der Waals surface area contributed by atoms with Gasteiger partial charge in [0, 0.05) is 28.9 Å². The average Bonchev–Trinajstić information content (AvgIpc) is 3.15. The number of ether oxygens (including phenoxy) is 1. The summed E-state index contributed by atoms with van der Waals surface area (Å²) in [4.78, 5) is 17.1. The molecule has 1 aliphatic heterocycles. The van der Waals surface area contributed by atoms with Gasteiger partial charge in [-0.1, -0.05) is 54.2 Å². The molecular weight excluding hydrogens is 414 g/mol. The number of hydrogen-bond acceptors (Lipinski definition) is 4. The first-order chi connectivity index (χ1) is 15.6. The van der Waals surface area contributed by atoms with Crippen molar-refractivity contribution in [1.82, 2.24) is 0 Å². The van der Waals surface area contributed by atoms with E-state index in [2.05, 4.69) is 59.5 Å². The molecule has 1 heterocycles. The highest BCUT2D eigenvalue weighted by Gasteiger charge is 2.27. The Morgan fingerprint density at radius 3 is 2.28 bits per heavy atom. The molecule has 0 spiro atoms. The highest BCUT2D eigenvalue weighted by molar-refractivity contribution is 8.05. The molecule has 4 heteroatoms. The SMILES string of the molecule is CCOc1ccc(N(C)c2ccc(/C=C3/Sc4ccc5ccccc5c4C3=O)cc2)cc1. The Balaban J connectivity index is 1.37. The lowest BCUT2D eigenvalue weighted by molar-refractivity contribution is 0.104. The topological polar surface area (TPSA) is 29.5 Å². The number of carbonyl (C=O) groups is 1. The van der Waals surface area contributed by atoms with Crippen molar-refractivity contribution in [3.8, 4) is 5.75 Å². The third-order valence-corrected chi connectivity index (χ3v) is 6.76. The Bertz CT molecular complexity index is 1320. The first kappa shape index (κ1) is 20.4. The maximum atomic E-state index is 13.1. The van der Waals surface area contributed by atoms with Gasteiger partial charge in [0.2, 0.25) is 5.78 Å². The number of Topliss-reactive ketones (excluding diaryl/α,β-unsaturated/α-hetero) is 1. The second-order valence-corrected chi connectivity index (χ2v) is 8.76. The quantitative estimate of drug-likeness (QED) is 0.306. The summed E-state index contributed by atoms with van der Waals surface area (Å²) >= 11 is 1.56. The maximum Gasteiger partial charge on any atom is 0.201 e. The number of benzene rings is 4. The molecule has 0 unspecified atom stereocenters. The molecule has 0 fully saturated rings. The average molecular weight is 438 g/mol. The molecule has 1 aliphatic rings. The van der Waals surface area contributed by atoms with Crippen molar-refractivity contribution in [2.24, 2.45) is 0 Å². The van der Waals surface area contributed by atoms with Crippen molar-refractivity contribution in [3.63, 3.8) is 0 Å². The van der Waals surface area contributed by atoms with Crippen LogP contribution < -0.4 is 9.64 Å². The van der Waals surface area contributed by atoms with Crippen molar-refractivity contribution in [2.75, 3.05) is 18.6 Å². The van der Waals surface area contributed by atoms with E-state index in [9.17, 15) is 4.79 Å². The first-order valence-corrected chi connectivity index (χ1v) is 11.5. The molecule has 3 nitrogen and oxygen atoms in total. The van der Waals surface area contributed by atoms with E-state index in [1.165, 1.54) is 0 Å². The van der Waals surface area contributed by atoms with Crippen LogP contribution in [0.1, 0.15) is 22.8 Å². The zero-order chi connectivity index (χ0) is 22.1. The second-order valence-electron chi connectivity index (χ2n) is 7.68. The van der Waals surface area contributed by atoms with E-state index in [-0.39, 0.29) is 5.78 Å². The lowest BCUT2D eigenvalue weighted by atomic mass is 10.0. The van der Waals surface area contributed by atoms with Crippen LogP contribution in [0.4, 0.5) is 11.4 Å². The minimum Gasteiger partial charge on any atom is -0.494 e. The van der Waals surface area contributed by atoms with Crippen LogP contribution in [-0.2, 0) is 0 Å². The molecule has 0 amide bonds. The lowest BCUT2D eigenvalue weighted by Crippen LogP contribution is -2.09. The number of ketones is 1.